The molecule has 1 amide bonds. The highest BCUT2D eigenvalue weighted by molar-refractivity contribution is 6.07. The smallest absolute Gasteiger partial charge is 0.269 e. The van der Waals surface area contributed by atoms with E-state index in [2.05, 4.69) is 6.58 Å². The molecule has 0 radical (unpaired) electrons. The number of carbonyl (C=O) groups is 1. The molecule has 0 spiro atoms. The van der Waals surface area contributed by atoms with Crippen LogP contribution in [0.1, 0.15) is 15.9 Å². The second-order valence-corrected chi connectivity index (χ2v) is 2.77. The fraction of sp³-hybridized carbons (Fsp3) is 0.100. The Hall–Kier alpha value is -1.61. The monoisotopic (exact) mass is 175 g/mol. The highest BCUT2D eigenvalue weighted by Crippen LogP contribution is 2.30. The van der Waals surface area contributed by atoms with Gasteiger partial charge < -0.3 is 0 Å². The molecule has 2 rings (SSSR count). The van der Waals surface area contributed by atoms with Crippen LogP contribution >= 0.6 is 0 Å². The number of hydrogen-bond acceptors (Lipinski definition) is 2. The molecule has 1 aliphatic heterocycles. The Morgan fingerprint density at radius 2 is 1.92 bits per heavy atom. The summed E-state index contributed by atoms with van der Waals surface area (Å²) in [5.41, 5.74) is 2.09. The summed E-state index contributed by atoms with van der Waals surface area (Å²) in [6.07, 6.45) is 0. The Balaban J connectivity index is 2.57. The van der Waals surface area contributed by atoms with Crippen LogP contribution in [0.3, 0.4) is 0 Å². The molecule has 3 nitrogen and oxygen atoms in total. The van der Waals surface area contributed by atoms with Gasteiger partial charge in [-0.3, -0.25) is 9.63 Å². The zero-order chi connectivity index (χ0) is 9.42. The highest BCUT2D eigenvalue weighted by atomic mass is 16.7. The van der Waals surface area contributed by atoms with Crippen molar-refractivity contribution in [3.63, 3.8) is 0 Å². The number of benzene rings is 1. The molecule has 66 valence electrons. The summed E-state index contributed by atoms with van der Waals surface area (Å²) < 4.78 is 0. The van der Waals surface area contributed by atoms with Gasteiger partial charge in [-0.25, -0.2) is 0 Å². The molecule has 0 fully saturated rings. The van der Waals surface area contributed by atoms with Gasteiger partial charge in [-0.1, -0.05) is 24.8 Å². The van der Waals surface area contributed by atoms with E-state index in [-0.39, 0.29) is 5.91 Å². The summed E-state index contributed by atoms with van der Waals surface area (Å²) in [6, 6.07) is 7.32. The molecule has 1 aromatic carbocycles. The van der Waals surface area contributed by atoms with Gasteiger partial charge in [0.15, 0.2) is 0 Å². The maximum absolute atomic E-state index is 11.6. The molecule has 0 N–H and O–H groups in total. The first-order valence-electron chi connectivity index (χ1n) is 3.92. The van der Waals surface area contributed by atoms with Gasteiger partial charge in [0.1, 0.15) is 0 Å². The van der Waals surface area contributed by atoms with Crippen LogP contribution in [-0.2, 0) is 4.84 Å². The number of nitrogens with zero attached hydrogens (tertiary/aromatic N) is 1. The minimum Gasteiger partial charge on any atom is -0.269 e. The fourth-order valence-electron chi connectivity index (χ4n) is 1.46. The first kappa shape index (κ1) is 8.01. The Morgan fingerprint density at radius 1 is 1.31 bits per heavy atom. The largest absolute Gasteiger partial charge is 0.282 e. The van der Waals surface area contributed by atoms with Crippen LogP contribution in [0.4, 0.5) is 0 Å². The molecule has 0 saturated carbocycles. The normalized spacial score (nSPS) is 15.0. The third-order valence-electron chi connectivity index (χ3n) is 2.08. The van der Waals surface area contributed by atoms with Crippen LogP contribution < -0.4 is 0 Å². The number of hydrogen-bond donors (Lipinski definition) is 0. The van der Waals surface area contributed by atoms with Crippen molar-refractivity contribution in [1.29, 1.82) is 0 Å². The van der Waals surface area contributed by atoms with Crippen molar-refractivity contribution in [2.75, 3.05) is 7.11 Å². The lowest BCUT2D eigenvalue weighted by Gasteiger charge is -2.12. The van der Waals surface area contributed by atoms with E-state index < -0.39 is 0 Å². The lowest BCUT2D eigenvalue weighted by molar-refractivity contribution is -0.0453. The predicted octanol–water partition coefficient (Wildman–Crippen LogP) is 1.67. The summed E-state index contributed by atoms with van der Waals surface area (Å²) in [7, 11) is 1.45. The molecule has 1 aromatic rings. The van der Waals surface area contributed by atoms with Gasteiger partial charge in [-0.2, -0.15) is 5.06 Å². The average molecular weight is 175 g/mol. The van der Waals surface area contributed by atoms with E-state index in [1.165, 1.54) is 12.2 Å². The van der Waals surface area contributed by atoms with E-state index in [1.807, 2.05) is 18.2 Å². The third-order valence-corrected chi connectivity index (χ3v) is 2.08. The third kappa shape index (κ3) is 0.975. The van der Waals surface area contributed by atoms with E-state index in [0.29, 0.717) is 11.3 Å². The lowest BCUT2D eigenvalue weighted by atomic mass is 10.1. The van der Waals surface area contributed by atoms with Gasteiger partial charge in [0.2, 0.25) is 0 Å². The van der Waals surface area contributed by atoms with Crippen LogP contribution in [0, 0.1) is 0 Å². The van der Waals surface area contributed by atoms with Gasteiger partial charge in [0.05, 0.1) is 18.4 Å². The van der Waals surface area contributed by atoms with Crippen molar-refractivity contribution in [1.82, 2.24) is 5.06 Å². The number of fused-ring (bicyclic) bond motifs is 1. The second-order valence-electron chi connectivity index (χ2n) is 2.77. The van der Waals surface area contributed by atoms with Crippen molar-refractivity contribution in [2.45, 2.75) is 0 Å². The quantitative estimate of drug-likeness (QED) is 0.649. The maximum atomic E-state index is 11.6. The topological polar surface area (TPSA) is 29.5 Å². The number of carbonyl (C=O) groups excluding carboxylic acids is 1. The molecule has 0 saturated heterocycles. The molecule has 1 aliphatic rings. The lowest BCUT2D eigenvalue weighted by Crippen LogP contribution is -2.20. The molecule has 0 atom stereocenters. The van der Waals surface area contributed by atoms with Gasteiger partial charge in [0.25, 0.3) is 5.91 Å². The number of rotatable bonds is 1. The Kier molecular flexibility index (Phi) is 1.67. The van der Waals surface area contributed by atoms with Crippen molar-refractivity contribution in [2.24, 2.45) is 0 Å². The van der Waals surface area contributed by atoms with E-state index in [4.69, 9.17) is 4.84 Å². The molecular formula is C10H9NO2. The first-order chi connectivity index (χ1) is 6.25. The molecule has 0 aliphatic carbocycles. The SMILES string of the molecule is C=C1c2ccccc2C(=O)N1OC. The number of hydroxylamine groups is 2. The fourth-order valence-corrected chi connectivity index (χ4v) is 1.46. The Bertz CT molecular complexity index is 349. The zero-order valence-corrected chi connectivity index (χ0v) is 7.28. The summed E-state index contributed by atoms with van der Waals surface area (Å²) in [5.74, 6) is -0.150. The van der Waals surface area contributed by atoms with Crippen LogP contribution in [0.15, 0.2) is 30.8 Å². The van der Waals surface area contributed by atoms with E-state index in [1.54, 1.807) is 6.07 Å². The minimum atomic E-state index is -0.150. The van der Waals surface area contributed by atoms with Crippen molar-refractivity contribution in [3.8, 4) is 0 Å². The summed E-state index contributed by atoms with van der Waals surface area (Å²) in [6.45, 7) is 3.78. The van der Waals surface area contributed by atoms with E-state index >= 15 is 0 Å². The van der Waals surface area contributed by atoms with Gasteiger partial charge >= 0.3 is 0 Å². The van der Waals surface area contributed by atoms with Gasteiger partial charge in [-0.05, 0) is 6.07 Å². The summed E-state index contributed by atoms with van der Waals surface area (Å²) in [4.78, 5) is 16.5. The molecule has 3 heteroatoms. The van der Waals surface area contributed by atoms with Crippen LogP contribution in [0.5, 0.6) is 0 Å². The predicted molar refractivity (Wildman–Crippen MR) is 48.7 cm³/mol. The van der Waals surface area contributed by atoms with Crippen molar-refractivity contribution >= 4 is 11.6 Å². The summed E-state index contributed by atoms with van der Waals surface area (Å²) >= 11 is 0. The van der Waals surface area contributed by atoms with Crippen LogP contribution in [-0.4, -0.2) is 18.1 Å². The summed E-state index contributed by atoms with van der Waals surface area (Å²) in [5, 5.41) is 1.20. The highest BCUT2D eigenvalue weighted by Gasteiger charge is 2.30. The molecule has 1 heterocycles. The number of amides is 1. The van der Waals surface area contributed by atoms with E-state index in [0.717, 1.165) is 5.56 Å². The van der Waals surface area contributed by atoms with Crippen molar-refractivity contribution < 1.29 is 9.63 Å². The standard InChI is InChI=1S/C10H9NO2/c1-7-8-5-3-4-6-9(8)10(12)11(7)13-2/h3-6H,1H2,2H3. The Morgan fingerprint density at radius 3 is 2.46 bits per heavy atom. The molecule has 13 heavy (non-hydrogen) atoms. The molecule has 0 unspecified atom stereocenters. The van der Waals surface area contributed by atoms with Crippen LogP contribution in [0.25, 0.3) is 5.70 Å². The average Bonchev–Trinajstić information content (AvgIpc) is 2.41. The zero-order valence-electron chi connectivity index (χ0n) is 7.28. The van der Waals surface area contributed by atoms with Crippen molar-refractivity contribution in [3.05, 3.63) is 42.0 Å². The van der Waals surface area contributed by atoms with E-state index in [9.17, 15) is 4.79 Å². The maximum Gasteiger partial charge on any atom is 0.282 e. The Labute approximate surface area is 76.2 Å². The molecule has 0 bridgehead atoms. The second kappa shape index (κ2) is 2.71. The first-order valence-corrected chi connectivity index (χ1v) is 3.92. The van der Waals surface area contributed by atoms with Gasteiger partial charge in [0, 0.05) is 5.56 Å². The van der Waals surface area contributed by atoms with Crippen LogP contribution in [0.2, 0.25) is 0 Å². The molecule has 0 aromatic heterocycles. The van der Waals surface area contributed by atoms with Gasteiger partial charge in [-0.15, -0.1) is 0 Å². The minimum absolute atomic E-state index is 0.150. The molecular weight excluding hydrogens is 166 g/mol.